The van der Waals surface area contributed by atoms with E-state index >= 15 is 0 Å². The number of nitrogens with two attached hydrogens (primary N) is 1. The van der Waals surface area contributed by atoms with Gasteiger partial charge in [0.15, 0.2) is 0 Å². The molecule has 3 N–H and O–H groups in total. The van der Waals surface area contributed by atoms with E-state index in [1.807, 2.05) is 13.8 Å². The van der Waals surface area contributed by atoms with Gasteiger partial charge in [0, 0.05) is 13.0 Å². The van der Waals surface area contributed by atoms with Gasteiger partial charge in [0.05, 0.1) is 24.7 Å². The van der Waals surface area contributed by atoms with Crippen molar-refractivity contribution in [2.24, 2.45) is 17.6 Å². The molecule has 0 aromatic rings. The van der Waals surface area contributed by atoms with E-state index in [0.717, 1.165) is 18.1 Å². The van der Waals surface area contributed by atoms with Gasteiger partial charge in [0.2, 0.25) is 0 Å². The Bertz CT molecular complexity index is 317. The van der Waals surface area contributed by atoms with Gasteiger partial charge >= 0.3 is 0 Å². The Kier molecular flexibility index (Phi) is 6.66. The molecule has 0 aliphatic heterocycles. The van der Waals surface area contributed by atoms with E-state index in [2.05, 4.69) is 4.79 Å². The molecule has 3 fully saturated rings. The highest BCUT2D eigenvalue weighted by Crippen LogP contribution is 2.38. The lowest BCUT2D eigenvalue weighted by Crippen LogP contribution is -2.34. The molecular weight excluding hydrogens is 242 g/mol. The van der Waals surface area contributed by atoms with E-state index in [1.165, 1.54) is 25.7 Å². The van der Waals surface area contributed by atoms with Crippen LogP contribution in [0.5, 0.6) is 0 Å². The Morgan fingerprint density at radius 1 is 1.37 bits per heavy atom. The second kappa shape index (κ2) is 7.75. The lowest BCUT2D eigenvalue weighted by atomic mass is 9.70. The minimum absolute atomic E-state index is 0.0590. The van der Waals surface area contributed by atoms with Crippen molar-refractivity contribution in [3.8, 4) is 0 Å². The third kappa shape index (κ3) is 5.41. The zero-order valence-electron chi connectivity index (χ0n) is 12.1. The zero-order valence-corrected chi connectivity index (χ0v) is 12.1. The Morgan fingerprint density at radius 3 is 2.32 bits per heavy atom. The quantitative estimate of drug-likeness (QED) is 0.599. The highest BCUT2D eigenvalue weighted by Gasteiger charge is 2.37. The predicted octanol–water partition coefficient (Wildman–Crippen LogP) is 1.60. The van der Waals surface area contributed by atoms with Crippen LogP contribution in [0.4, 0.5) is 0 Å². The number of hydrogen-bond donors (Lipinski definition) is 2. The maximum absolute atomic E-state index is 8.60. The largest absolute Gasteiger partial charge is 0.394 e. The van der Waals surface area contributed by atoms with Gasteiger partial charge in [-0.05, 0) is 45.4 Å². The summed E-state index contributed by atoms with van der Waals surface area (Å²) in [7, 11) is 0. The molecule has 0 spiro atoms. The molecule has 0 saturated heterocycles. The fourth-order valence-electron chi connectivity index (χ4n) is 2.67. The van der Waals surface area contributed by atoms with E-state index in [0.29, 0.717) is 19.1 Å². The molecule has 3 aliphatic rings. The maximum atomic E-state index is 8.60. The van der Waals surface area contributed by atoms with Crippen molar-refractivity contribution in [1.29, 1.82) is 0 Å². The molecule has 0 aromatic heterocycles. The summed E-state index contributed by atoms with van der Waals surface area (Å²) in [4.78, 5) is 3.35. The summed E-state index contributed by atoms with van der Waals surface area (Å²) >= 11 is 0. The summed E-state index contributed by atoms with van der Waals surface area (Å²) in [5, 5.41) is 8.36. The van der Waals surface area contributed by atoms with Gasteiger partial charge < -0.3 is 21.1 Å². The summed E-state index contributed by atoms with van der Waals surface area (Å²) < 4.78 is 5.15. The van der Waals surface area contributed by atoms with Crippen LogP contribution in [0, 0.1) is 11.8 Å². The molecule has 0 amide bonds. The van der Waals surface area contributed by atoms with E-state index < -0.39 is 0 Å². The maximum Gasteiger partial charge on any atom is 0.272 e. The van der Waals surface area contributed by atoms with Crippen LogP contribution in [-0.2, 0) is 4.74 Å². The molecule has 0 radical (unpaired) electrons. The average Bonchev–Trinajstić information content (AvgIpc) is 2.47. The van der Waals surface area contributed by atoms with Crippen molar-refractivity contribution >= 4 is 5.71 Å². The topological polar surface area (TPSA) is 91.9 Å². The normalized spacial score (nSPS) is 25.6. The van der Waals surface area contributed by atoms with Crippen LogP contribution in [0.3, 0.4) is 0 Å². The molecule has 0 unspecified atom stereocenters. The molecule has 0 aromatic carbocycles. The number of ether oxygens (including phenoxy) is 1. The van der Waals surface area contributed by atoms with Crippen LogP contribution in [0.25, 0.3) is 5.53 Å². The molecule has 2 bridgehead atoms. The van der Waals surface area contributed by atoms with Gasteiger partial charge in [-0.25, -0.2) is 0 Å². The molecule has 5 nitrogen and oxygen atoms in total. The molecule has 19 heavy (non-hydrogen) atoms. The van der Waals surface area contributed by atoms with Crippen molar-refractivity contribution in [1.82, 2.24) is 0 Å². The third-order valence-corrected chi connectivity index (χ3v) is 4.02. The molecular formula is C14H27N3O2. The number of fused-ring (bicyclic) bond motifs is 3. The third-order valence-electron chi connectivity index (χ3n) is 4.02. The molecule has 0 heterocycles. The number of aliphatic hydroxyl groups excluding tert-OH is 1. The van der Waals surface area contributed by atoms with Crippen molar-refractivity contribution in [2.45, 2.75) is 51.6 Å². The number of aliphatic hydroxyl groups is 1. The zero-order chi connectivity index (χ0) is 14.3. The monoisotopic (exact) mass is 269 g/mol. The minimum Gasteiger partial charge on any atom is -0.394 e. The number of nitrogens with zero attached hydrogens (tertiary/aromatic N) is 2. The van der Waals surface area contributed by atoms with E-state index in [-0.39, 0.29) is 12.2 Å². The summed E-state index contributed by atoms with van der Waals surface area (Å²) in [6, 6.07) is 0. The Balaban J connectivity index is 0.000000192. The van der Waals surface area contributed by atoms with Crippen molar-refractivity contribution in [3.63, 3.8) is 0 Å². The predicted molar refractivity (Wildman–Crippen MR) is 74.9 cm³/mol. The van der Waals surface area contributed by atoms with Crippen molar-refractivity contribution < 1.29 is 14.6 Å². The number of rotatable bonds is 4. The summed E-state index contributed by atoms with van der Waals surface area (Å²) in [5.41, 5.74) is 14.7. The molecule has 5 heteroatoms. The Morgan fingerprint density at radius 2 is 2.00 bits per heavy atom. The van der Waals surface area contributed by atoms with Crippen LogP contribution in [0.15, 0.2) is 0 Å². The smallest absolute Gasteiger partial charge is 0.272 e. The summed E-state index contributed by atoms with van der Waals surface area (Å²) in [5.74, 6) is 1.48. The van der Waals surface area contributed by atoms with Gasteiger partial charge in [-0.1, -0.05) is 0 Å². The van der Waals surface area contributed by atoms with Gasteiger partial charge in [0.25, 0.3) is 5.71 Å². The molecule has 0 atom stereocenters. The second-order valence-corrected chi connectivity index (χ2v) is 6.05. The molecule has 3 rings (SSSR count). The fourth-order valence-corrected chi connectivity index (χ4v) is 2.67. The van der Waals surface area contributed by atoms with Crippen molar-refractivity contribution in [2.75, 3.05) is 19.8 Å². The van der Waals surface area contributed by atoms with Crippen LogP contribution in [0.1, 0.15) is 46.0 Å². The van der Waals surface area contributed by atoms with Crippen molar-refractivity contribution in [3.05, 3.63) is 5.53 Å². The second-order valence-electron chi connectivity index (χ2n) is 6.05. The van der Waals surface area contributed by atoms with E-state index in [1.54, 1.807) is 0 Å². The highest BCUT2D eigenvalue weighted by molar-refractivity contribution is 5.83. The van der Waals surface area contributed by atoms with Gasteiger partial charge in [0.1, 0.15) is 0 Å². The van der Waals surface area contributed by atoms with Gasteiger partial charge in [-0.2, -0.15) is 4.79 Å². The van der Waals surface area contributed by atoms with E-state index in [9.17, 15) is 0 Å². The summed E-state index contributed by atoms with van der Waals surface area (Å²) in [6.07, 6.45) is 6.34. The van der Waals surface area contributed by atoms with Crippen LogP contribution >= 0.6 is 0 Å². The highest BCUT2D eigenvalue weighted by atomic mass is 16.5. The first-order chi connectivity index (χ1) is 9.02. The molecule has 3 aliphatic carbocycles. The SMILES string of the molecule is CC(C)(CN)OCCO.[N-]=[N+]=C1CC2CCC1CC2. The van der Waals surface area contributed by atoms with Crippen LogP contribution < -0.4 is 5.73 Å². The summed E-state index contributed by atoms with van der Waals surface area (Å²) in [6.45, 7) is 4.69. The minimum atomic E-state index is -0.289. The standard InChI is InChI=1S/C8H12N2.C6H15NO2/c9-10-8-5-6-1-3-7(8)4-2-6;1-6(2,5-7)9-4-3-8/h6-7H,1-5H2;8H,3-5,7H2,1-2H3. The molecule has 110 valence electrons. The number of hydrogen-bond acceptors (Lipinski definition) is 3. The Labute approximate surface area is 115 Å². The van der Waals surface area contributed by atoms with Crippen LogP contribution in [-0.4, -0.2) is 41.0 Å². The van der Waals surface area contributed by atoms with Gasteiger partial charge in [-0.15, -0.1) is 0 Å². The lowest BCUT2D eigenvalue weighted by molar-refractivity contribution is -0.0266. The first kappa shape index (κ1) is 16.3. The lowest BCUT2D eigenvalue weighted by Gasteiger charge is -2.31. The Hall–Kier alpha value is -0.740. The average molecular weight is 269 g/mol. The first-order valence-electron chi connectivity index (χ1n) is 7.18. The molecule has 3 saturated carbocycles. The van der Waals surface area contributed by atoms with E-state index in [4.69, 9.17) is 21.1 Å². The first-order valence-corrected chi connectivity index (χ1v) is 7.18. The van der Waals surface area contributed by atoms with Gasteiger partial charge in [-0.3, -0.25) is 0 Å². The fraction of sp³-hybridized carbons (Fsp3) is 0.929. The van der Waals surface area contributed by atoms with Crippen LogP contribution in [0.2, 0.25) is 0 Å².